The maximum Gasteiger partial charge on any atom is 0.271 e. The number of hydrogen-bond acceptors (Lipinski definition) is 2. The fraction of sp³-hybridized carbons (Fsp3) is 0.0833. The SMILES string of the molecule is Cc1cc(/C=N\NC(=O)c2ccc(Br)cc2)c(C)n1-c1cccc2ccccc12. The van der Waals surface area contributed by atoms with Gasteiger partial charge >= 0.3 is 0 Å². The van der Waals surface area contributed by atoms with E-state index in [0.29, 0.717) is 5.56 Å². The largest absolute Gasteiger partial charge is 0.317 e. The van der Waals surface area contributed by atoms with Crippen LogP contribution < -0.4 is 5.43 Å². The van der Waals surface area contributed by atoms with Gasteiger partial charge in [0.05, 0.1) is 11.9 Å². The number of hydrogen-bond donors (Lipinski definition) is 1. The van der Waals surface area contributed by atoms with Crippen LogP contribution in [0.3, 0.4) is 0 Å². The molecule has 0 saturated heterocycles. The van der Waals surface area contributed by atoms with Crippen molar-refractivity contribution < 1.29 is 4.79 Å². The van der Waals surface area contributed by atoms with E-state index < -0.39 is 0 Å². The molecular weight excluding hydrogens is 426 g/mol. The molecule has 4 aromatic rings. The van der Waals surface area contributed by atoms with Gasteiger partial charge in [0, 0.05) is 32.4 Å². The minimum atomic E-state index is -0.239. The number of nitrogens with one attached hydrogen (secondary N) is 1. The van der Waals surface area contributed by atoms with Crippen molar-refractivity contribution in [2.45, 2.75) is 13.8 Å². The lowest BCUT2D eigenvalue weighted by molar-refractivity contribution is 0.0955. The molecule has 3 aromatic carbocycles. The second-order valence-electron chi connectivity index (χ2n) is 6.87. The summed E-state index contributed by atoms with van der Waals surface area (Å²) in [4.78, 5) is 12.2. The molecule has 0 atom stereocenters. The fourth-order valence-corrected chi connectivity index (χ4v) is 3.78. The Labute approximate surface area is 178 Å². The first-order valence-corrected chi connectivity index (χ1v) is 10.1. The molecule has 0 aliphatic carbocycles. The lowest BCUT2D eigenvalue weighted by atomic mass is 10.1. The van der Waals surface area contributed by atoms with Crippen molar-refractivity contribution in [1.82, 2.24) is 9.99 Å². The van der Waals surface area contributed by atoms with Crippen LogP contribution >= 0.6 is 15.9 Å². The number of amides is 1. The fourth-order valence-electron chi connectivity index (χ4n) is 3.52. The van der Waals surface area contributed by atoms with Gasteiger partial charge in [0.25, 0.3) is 5.91 Å². The molecule has 0 spiro atoms. The predicted octanol–water partition coefficient (Wildman–Crippen LogP) is 5.77. The number of carbonyl (C=O) groups is 1. The zero-order chi connectivity index (χ0) is 20.4. The highest BCUT2D eigenvalue weighted by Gasteiger charge is 2.12. The number of fused-ring (bicyclic) bond motifs is 1. The van der Waals surface area contributed by atoms with Crippen LogP contribution in [0.5, 0.6) is 0 Å². The van der Waals surface area contributed by atoms with Crippen molar-refractivity contribution >= 4 is 38.8 Å². The molecule has 144 valence electrons. The molecule has 0 fully saturated rings. The van der Waals surface area contributed by atoms with Crippen molar-refractivity contribution in [3.63, 3.8) is 0 Å². The van der Waals surface area contributed by atoms with Crippen LogP contribution in [0, 0.1) is 13.8 Å². The molecule has 1 aromatic heterocycles. The van der Waals surface area contributed by atoms with Gasteiger partial charge in [-0.3, -0.25) is 4.79 Å². The van der Waals surface area contributed by atoms with Crippen LogP contribution in [-0.2, 0) is 0 Å². The van der Waals surface area contributed by atoms with Gasteiger partial charge in [-0.15, -0.1) is 0 Å². The van der Waals surface area contributed by atoms with E-state index in [4.69, 9.17) is 0 Å². The van der Waals surface area contributed by atoms with E-state index in [0.717, 1.165) is 27.1 Å². The molecule has 1 amide bonds. The molecule has 5 heteroatoms. The smallest absolute Gasteiger partial charge is 0.271 e. The summed E-state index contributed by atoms with van der Waals surface area (Å²) < 4.78 is 3.15. The van der Waals surface area contributed by atoms with E-state index in [-0.39, 0.29) is 5.91 Å². The van der Waals surface area contributed by atoms with Gasteiger partial charge in [-0.1, -0.05) is 52.3 Å². The molecule has 0 bridgehead atoms. The summed E-state index contributed by atoms with van der Waals surface area (Å²) in [5.74, 6) is -0.239. The van der Waals surface area contributed by atoms with Gasteiger partial charge in [0.2, 0.25) is 0 Å². The number of rotatable bonds is 4. The molecule has 29 heavy (non-hydrogen) atoms. The summed E-state index contributed by atoms with van der Waals surface area (Å²) in [6.45, 7) is 4.14. The Balaban J connectivity index is 1.61. The quantitative estimate of drug-likeness (QED) is 0.314. The Bertz CT molecular complexity index is 1220. The lowest BCUT2D eigenvalue weighted by Gasteiger charge is -2.12. The number of aromatic nitrogens is 1. The van der Waals surface area contributed by atoms with Crippen molar-refractivity contribution in [2.24, 2.45) is 5.10 Å². The van der Waals surface area contributed by atoms with Crippen LogP contribution in [0.25, 0.3) is 16.5 Å². The van der Waals surface area contributed by atoms with Gasteiger partial charge in [-0.2, -0.15) is 5.10 Å². The second kappa shape index (κ2) is 8.05. The Morgan fingerprint density at radius 1 is 1.00 bits per heavy atom. The van der Waals surface area contributed by atoms with Gasteiger partial charge in [-0.05, 0) is 55.6 Å². The first-order valence-electron chi connectivity index (χ1n) is 9.30. The van der Waals surface area contributed by atoms with E-state index in [2.05, 4.69) is 87.3 Å². The normalized spacial score (nSPS) is 11.3. The van der Waals surface area contributed by atoms with E-state index in [1.165, 1.54) is 10.8 Å². The molecule has 0 aliphatic heterocycles. The highest BCUT2D eigenvalue weighted by Crippen LogP contribution is 2.26. The summed E-state index contributed by atoms with van der Waals surface area (Å²) in [5, 5.41) is 6.56. The summed E-state index contributed by atoms with van der Waals surface area (Å²) in [6, 6.07) is 23.9. The standard InChI is InChI=1S/C24H20BrN3O/c1-16-14-20(15-26-27-24(29)19-10-12-21(25)13-11-19)17(2)28(16)23-9-5-7-18-6-3-4-8-22(18)23/h3-15H,1-2H3,(H,27,29)/b26-15-. The molecule has 0 aliphatic rings. The number of nitrogens with zero attached hydrogens (tertiary/aromatic N) is 2. The number of aryl methyl sites for hydroxylation is 1. The third kappa shape index (κ3) is 3.87. The monoisotopic (exact) mass is 445 g/mol. The first kappa shape index (κ1) is 19.2. The molecular formula is C24H20BrN3O. The molecule has 4 nitrogen and oxygen atoms in total. The zero-order valence-corrected chi connectivity index (χ0v) is 17.8. The summed E-state index contributed by atoms with van der Waals surface area (Å²) >= 11 is 3.37. The van der Waals surface area contributed by atoms with E-state index in [1.54, 1.807) is 18.3 Å². The van der Waals surface area contributed by atoms with Crippen molar-refractivity contribution in [3.05, 3.63) is 99.8 Å². The Morgan fingerprint density at radius 2 is 1.72 bits per heavy atom. The number of hydrazone groups is 1. The van der Waals surface area contributed by atoms with Crippen molar-refractivity contribution in [2.75, 3.05) is 0 Å². The van der Waals surface area contributed by atoms with Gasteiger partial charge in [0.15, 0.2) is 0 Å². The summed E-state index contributed by atoms with van der Waals surface area (Å²) in [7, 11) is 0. The molecule has 0 unspecified atom stereocenters. The number of benzene rings is 3. The van der Waals surface area contributed by atoms with Crippen LogP contribution in [0.15, 0.2) is 82.4 Å². The number of carbonyl (C=O) groups excluding carboxylic acids is 1. The minimum absolute atomic E-state index is 0.239. The van der Waals surface area contributed by atoms with Crippen LogP contribution in [0.1, 0.15) is 27.3 Å². The summed E-state index contributed by atoms with van der Waals surface area (Å²) in [5.41, 5.74) is 7.44. The molecule has 1 heterocycles. The van der Waals surface area contributed by atoms with E-state index in [1.807, 2.05) is 18.2 Å². The first-order chi connectivity index (χ1) is 14.0. The van der Waals surface area contributed by atoms with E-state index in [9.17, 15) is 4.79 Å². The zero-order valence-electron chi connectivity index (χ0n) is 16.2. The summed E-state index contributed by atoms with van der Waals surface area (Å²) in [6.07, 6.45) is 1.70. The molecule has 1 N–H and O–H groups in total. The second-order valence-corrected chi connectivity index (χ2v) is 7.78. The van der Waals surface area contributed by atoms with Crippen LogP contribution in [0.2, 0.25) is 0 Å². The average molecular weight is 446 g/mol. The average Bonchev–Trinajstić information content (AvgIpc) is 3.01. The predicted molar refractivity (Wildman–Crippen MR) is 122 cm³/mol. The topological polar surface area (TPSA) is 46.4 Å². The molecule has 0 radical (unpaired) electrons. The van der Waals surface area contributed by atoms with Crippen LogP contribution in [0.4, 0.5) is 0 Å². The molecule has 0 saturated carbocycles. The lowest BCUT2D eigenvalue weighted by Crippen LogP contribution is -2.17. The van der Waals surface area contributed by atoms with Crippen molar-refractivity contribution in [1.29, 1.82) is 0 Å². The Hall–Kier alpha value is -3.18. The third-order valence-electron chi connectivity index (χ3n) is 4.95. The third-order valence-corrected chi connectivity index (χ3v) is 5.48. The van der Waals surface area contributed by atoms with Gasteiger partial charge in [0.1, 0.15) is 0 Å². The van der Waals surface area contributed by atoms with E-state index >= 15 is 0 Å². The Kier molecular flexibility index (Phi) is 5.32. The van der Waals surface area contributed by atoms with Gasteiger partial charge in [-0.25, -0.2) is 5.43 Å². The van der Waals surface area contributed by atoms with Crippen LogP contribution in [-0.4, -0.2) is 16.7 Å². The highest BCUT2D eigenvalue weighted by molar-refractivity contribution is 9.10. The van der Waals surface area contributed by atoms with Crippen molar-refractivity contribution in [3.8, 4) is 5.69 Å². The Morgan fingerprint density at radius 3 is 2.52 bits per heavy atom. The maximum atomic E-state index is 12.2. The molecule has 4 rings (SSSR count). The van der Waals surface area contributed by atoms with Gasteiger partial charge < -0.3 is 4.57 Å². The maximum absolute atomic E-state index is 12.2. The number of halogens is 1. The highest BCUT2D eigenvalue weighted by atomic mass is 79.9. The minimum Gasteiger partial charge on any atom is -0.317 e.